The van der Waals surface area contributed by atoms with Gasteiger partial charge in [-0.05, 0) is 42.7 Å². The van der Waals surface area contributed by atoms with Crippen molar-refractivity contribution in [2.45, 2.75) is 37.1 Å². The summed E-state index contributed by atoms with van der Waals surface area (Å²) in [6, 6.07) is 7.91. The molecule has 28 heavy (non-hydrogen) atoms. The average molecular weight is 404 g/mol. The van der Waals surface area contributed by atoms with Crippen LogP contribution in [0.25, 0.3) is 0 Å². The smallest absolute Gasteiger partial charge is 0.257 e. The van der Waals surface area contributed by atoms with E-state index in [4.69, 9.17) is 4.74 Å². The molecule has 2 heterocycles. The molecule has 0 atom stereocenters. The predicted octanol–water partition coefficient (Wildman–Crippen LogP) is 2.58. The molecule has 1 aromatic carbocycles. The van der Waals surface area contributed by atoms with E-state index < -0.39 is 10.0 Å². The highest BCUT2D eigenvalue weighted by atomic mass is 32.2. The third-order valence-corrected chi connectivity index (χ3v) is 6.19. The van der Waals surface area contributed by atoms with Crippen molar-refractivity contribution in [2.24, 2.45) is 0 Å². The molecule has 0 radical (unpaired) electrons. The molecule has 0 aliphatic carbocycles. The lowest BCUT2D eigenvalue weighted by atomic mass is 10.1. The van der Waals surface area contributed by atoms with E-state index in [2.05, 4.69) is 9.71 Å². The number of nitrogens with zero attached hydrogens (tertiary/aromatic N) is 2. The van der Waals surface area contributed by atoms with Crippen molar-refractivity contribution in [1.29, 1.82) is 0 Å². The number of benzene rings is 1. The highest BCUT2D eigenvalue weighted by Gasteiger charge is 2.24. The summed E-state index contributed by atoms with van der Waals surface area (Å²) in [6.07, 6.45) is 7.35. The number of hydrogen-bond acceptors (Lipinski definition) is 5. The Morgan fingerprint density at radius 1 is 1.18 bits per heavy atom. The molecule has 3 rings (SSSR count). The summed E-state index contributed by atoms with van der Waals surface area (Å²) >= 11 is 0. The Balaban J connectivity index is 1.83. The van der Waals surface area contributed by atoms with Crippen LogP contribution in [-0.2, 0) is 16.6 Å². The lowest BCUT2D eigenvalue weighted by Crippen LogP contribution is -2.32. The first-order valence-electron chi connectivity index (χ1n) is 9.37. The molecule has 0 saturated carbocycles. The highest BCUT2D eigenvalue weighted by molar-refractivity contribution is 7.89. The molecule has 150 valence electrons. The monoisotopic (exact) mass is 403 g/mol. The summed E-state index contributed by atoms with van der Waals surface area (Å²) in [7, 11) is -2.31. The lowest BCUT2D eigenvalue weighted by Gasteiger charge is -2.22. The number of hydrogen-bond donors (Lipinski definition) is 1. The number of rotatable bonds is 6. The molecule has 1 saturated heterocycles. The molecule has 1 aromatic heterocycles. The van der Waals surface area contributed by atoms with Gasteiger partial charge in [-0.1, -0.05) is 18.9 Å². The number of sulfonamides is 1. The Bertz CT molecular complexity index is 908. The Morgan fingerprint density at radius 2 is 1.93 bits per heavy atom. The second kappa shape index (κ2) is 9.16. The van der Waals surface area contributed by atoms with Crippen LogP contribution in [0.4, 0.5) is 0 Å². The normalized spacial score (nSPS) is 15.1. The van der Waals surface area contributed by atoms with E-state index in [9.17, 15) is 13.2 Å². The number of carbonyl (C=O) groups is 1. The molecule has 8 heteroatoms. The molecular weight excluding hydrogens is 378 g/mol. The van der Waals surface area contributed by atoms with Crippen LogP contribution < -0.4 is 9.46 Å². The van der Waals surface area contributed by atoms with Crippen LogP contribution in [0.5, 0.6) is 5.75 Å². The quantitative estimate of drug-likeness (QED) is 0.801. The number of amides is 1. The van der Waals surface area contributed by atoms with E-state index in [1.54, 1.807) is 29.4 Å². The maximum atomic E-state index is 13.0. The van der Waals surface area contributed by atoms with Crippen molar-refractivity contribution in [1.82, 2.24) is 14.6 Å². The van der Waals surface area contributed by atoms with Gasteiger partial charge in [0.15, 0.2) is 0 Å². The average Bonchev–Trinajstić information content (AvgIpc) is 3.01. The first-order valence-corrected chi connectivity index (χ1v) is 10.9. The summed E-state index contributed by atoms with van der Waals surface area (Å²) in [5.74, 6) is 0.184. The minimum absolute atomic E-state index is 0.0374. The van der Waals surface area contributed by atoms with Gasteiger partial charge in [-0.25, -0.2) is 13.1 Å². The Morgan fingerprint density at radius 3 is 2.57 bits per heavy atom. The molecule has 0 unspecified atom stereocenters. The zero-order valence-corrected chi connectivity index (χ0v) is 16.7. The van der Waals surface area contributed by atoms with Crippen LogP contribution in [0.15, 0.2) is 47.6 Å². The van der Waals surface area contributed by atoms with Crippen LogP contribution in [0.2, 0.25) is 0 Å². The van der Waals surface area contributed by atoms with E-state index in [0.717, 1.165) is 31.2 Å². The molecule has 1 N–H and O–H groups in total. The molecule has 1 aliphatic rings. The van der Waals surface area contributed by atoms with Gasteiger partial charge >= 0.3 is 0 Å². The first-order chi connectivity index (χ1) is 13.5. The fraction of sp³-hybridized carbons (Fsp3) is 0.400. The van der Waals surface area contributed by atoms with Crippen molar-refractivity contribution in [3.8, 4) is 5.75 Å². The lowest BCUT2D eigenvalue weighted by molar-refractivity contribution is 0.0758. The maximum Gasteiger partial charge on any atom is 0.257 e. The van der Waals surface area contributed by atoms with Gasteiger partial charge in [0.05, 0.1) is 17.6 Å². The number of pyridine rings is 1. The Hall–Kier alpha value is -2.45. The van der Waals surface area contributed by atoms with Gasteiger partial charge < -0.3 is 9.64 Å². The van der Waals surface area contributed by atoms with Gasteiger partial charge in [-0.15, -0.1) is 0 Å². The summed E-state index contributed by atoms with van der Waals surface area (Å²) < 4.78 is 33.3. The zero-order valence-electron chi connectivity index (χ0n) is 15.9. The summed E-state index contributed by atoms with van der Waals surface area (Å²) in [5.41, 5.74) is 1.02. The Kier molecular flexibility index (Phi) is 6.64. The van der Waals surface area contributed by atoms with Crippen LogP contribution in [0, 0.1) is 0 Å². The summed E-state index contributed by atoms with van der Waals surface area (Å²) in [5, 5.41) is 0. The van der Waals surface area contributed by atoms with Gasteiger partial charge in [0, 0.05) is 32.0 Å². The van der Waals surface area contributed by atoms with Crippen LogP contribution >= 0.6 is 0 Å². The molecule has 1 amide bonds. The van der Waals surface area contributed by atoms with Crippen molar-refractivity contribution in [2.75, 3.05) is 20.2 Å². The van der Waals surface area contributed by atoms with Gasteiger partial charge in [0.1, 0.15) is 5.75 Å². The van der Waals surface area contributed by atoms with Crippen molar-refractivity contribution in [3.05, 3.63) is 53.9 Å². The topological polar surface area (TPSA) is 88.6 Å². The number of likely N-dealkylation sites (tertiary alicyclic amines) is 1. The third kappa shape index (κ3) is 4.88. The number of methoxy groups -OCH3 is 1. The second-order valence-electron chi connectivity index (χ2n) is 6.75. The van der Waals surface area contributed by atoms with Gasteiger partial charge in [-0.2, -0.15) is 0 Å². The summed E-state index contributed by atoms with van der Waals surface area (Å²) in [6.45, 7) is 1.48. The third-order valence-electron chi connectivity index (χ3n) is 4.79. The van der Waals surface area contributed by atoms with Gasteiger partial charge in [-0.3, -0.25) is 9.78 Å². The molecule has 7 nitrogen and oxygen atoms in total. The maximum absolute atomic E-state index is 13.0. The van der Waals surface area contributed by atoms with Crippen molar-refractivity contribution in [3.63, 3.8) is 0 Å². The van der Waals surface area contributed by atoms with E-state index >= 15 is 0 Å². The van der Waals surface area contributed by atoms with Gasteiger partial charge in [0.2, 0.25) is 10.0 Å². The van der Waals surface area contributed by atoms with Crippen molar-refractivity contribution >= 4 is 15.9 Å². The molecule has 1 fully saturated rings. The van der Waals surface area contributed by atoms with Crippen molar-refractivity contribution < 1.29 is 17.9 Å². The van der Waals surface area contributed by atoms with E-state index in [1.807, 2.05) is 0 Å². The molecule has 2 aromatic rings. The standard InChI is InChI=1S/C20H25N3O4S/c1-27-19-9-8-17(28(25,26)22-15-16-7-6-10-21-14-16)13-18(19)20(24)23-11-4-2-3-5-12-23/h6-10,13-14,22H,2-5,11-12,15H2,1H3. The highest BCUT2D eigenvalue weighted by Crippen LogP contribution is 2.25. The van der Waals surface area contributed by atoms with Gasteiger partial charge in [0.25, 0.3) is 5.91 Å². The molecule has 1 aliphatic heterocycles. The van der Waals surface area contributed by atoms with Crippen LogP contribution in [-0.4, -0.2) is 44.4 Å². The number of aromatic nitrogens is 1. The van der Waals surface area contributed by atoms with Crippen LogP contribution in [0.1, 0.15) is 41.6 Å². The number of ether oxygens (including phenoxy) is 1. The largest absolute Gasteiger partial charge is 0.496 e. The van der Waals surface area contributed by atoms with E-state index in [-0.39, 0.29) is 22.9 Å². The first kappa shape index (κ1) is 20.3. The fourth-order valence-electron chi connectivity index (χ4n) is 3.23. The molecular formula is C20H25N3O4S. The molecule has 0 spiro atoms. The number of nitrogens with one attached hydrogen (secondary N) is 1. The summed E-state index contributed by atoms with van der Waals surface area (Å²) in [4.78, 5) is 18.8. The minimum Gasteiger partial charge on any atom is -0.496 e. The minimum atomic E-state index is -3.78. The van der Waals surface area contributed by atoms with E-state index in [0.29, 0.717) is 18.8 Å². The van der Waals surface area contributed by atoms with E-state index in [1.165, 1.54) is 25.3 Å². The second-order valence-corrected chi connectivity index (χ2v) is 8.52. The zero-order chi connectivity index (χ0) is 20.0. The fourth-order valence-corrected chi connectivity index (χ4v) is 4.27. The predicted molar refractivity (Wildman–Crippen MR) is 106 cm³/mol. The number of carbonyl (C=O) groups excluding carboxylic acids is 1. The molecule has 0 bridgehead atoms. The Labute approximate surface area is 165 Å². The van der Waals surface area contributed by atoms with Crippen LogP contribution in [0.3, 0.4) is 0 Å². The SMILES string of the molecule is COc1ccc(S(=O)(=O)NCc2cccnc2)cc1C(=O)N1CCCCCC1.